The van der Waals surface area contributed by atoms with Gasteiger partial charge >= 0.3 is 0 Å². The van der Waals surface area contributed by atoms with Gasteiger partial charge in [-0.1, -0.05) is 42.0 Å². The molecule has 0 spiro atoms. The molecule has 0 fully saturated rings. The van der Waals surface area contributed by atoms with Gasteiger partial charge in [-0.05, 0) is 42.0 Å². The maximum Gasteiger partial charge on any atom is 0.228 e. The smallest absolute Gasteiger partial charge is 0.228 e. The molecule has 0 radical (unpaired) electrons. The third kappa shape index (κ3) is 3.09. The molecule has 0 aliphatic rings. The molecule has 2 N–H and O–H groups in total. The van der Waals surface area contributed by atoms with Crippen molar-refractivity contribution < 1.29 is 9.90 Å². The molecule has 0 aromatic heterocycles. The molecule has 3 rings (SSSR count). The Hall–Kier alpha value is -2.81. The number of anilines is 1. The fraction of sp³-hybridized carbons (Fsp3) is 0.105. The van der Waals surface area contributed by atoms with Crippen LogP contribution in [0.4, 0.5) is 5.69 Å². The topological polar surface area (TPSA) is 49.3 Å². The number of hydrogen-bond acceptors (Lipinski definition) is 2. The zero-order chi connectivity index (χ0) is 15.5. The highest BCUT2D eigenvalue weighted by Gasteiger charge is 2.09. The Balaban J connectivity index is 1.78. The third-order valence-electron chi connectivity index (χ3n) is 3.63. The molecule has 0 unspecified atom stereocenters. The van der Waals surface area contributed by atoms with Gasteiger partial charge in [0.2, 0.25) is 5.91 Å². The van der Waals surface area contributed by atoms with Gasteiger partial charge in [-0.15, -0.1) is 0 Å². The first-order chi connectivity index (χ1) is 10.6. The van der Waals surface area contributed by atoms with E-state index in [1.807, 2.05) is 61.5 Å². The summed E-state index contributed by atoms with van der Waals surface area (Å²) in [7, 11) is 0. The summed E-state index contributed by atoms with van der Waals surface area (Å²) in [5.74, 6) is 0.00666. The Morgan fingerprint density at radius 2 is 1.64 bits per heavy atom. The Morgan fingerprint density at radius 1 is 1.00 bits per heavy atom. The van der Waals surface area contributed by atoms with Crippen LogP contribution >= 0.6 is 0 Å². The largest absolute Gasteiger partial charge is 0.508 e. The summed E-state index contributed by atoms with van der Waals surface area (Å²) in [6.07, 6.45) is 0.143. The van der Waals surface area contributed by atoms with Crippen molar-refractivity contribution in [2.45, 2.75) is 13.3 Å². The Labute approximate surface area is 129 Å². The molecule has 0 bridgehead atoms. The summed E-state index contributed by atoms with van der Waals surface area (Å²) >= 11 is 0. The SMILES string of the molecule is Cc1ccc(NC(=O)Cc2cc3ccccc3cc2O)cc1. The van der Waals surface area contributed by atoms with E-state index >= 15 is 0 Å². The Kier molecular flexibility index (Phi) is 3.79. The lowest BCUT2D eigenvalue weighted by Gasteiger charge is -2.08. The van der Waals surface area contributed by atoms with E-state index in [4.69, 9.17) is 0 Å². The predicted octanol–water partition coefficient (Wildman–Crippen LogP) is 4.04. The van der Waals surface area contributed by atoms with Gasteiger partial charge < -0.3 is 10.4 Å². The van der Waals surface area contributed by atoms with Gasteiger partial charge in [0.05, 0.1) is 6.42 Å². The van der Waals surface area contributed by atoms with Crippen LogP contribution in [0.2, 0.25) is 0 Å². The molecule has 110 valence electrons. The lowest BCUT2D eigenvalue weighted by atomic mass is 10.0. The number of rotatable bonds is 3. The maximum atomic E-state index is 12.1. The highest BCUT2D eigenvalue weighted by molar-refractivity contribution is 5.94. The second-order valence-electron chi connectivity index (χ2n) is 5.42. The van der Waals surface area contributed by atoms with E-state index < -0.39 is 0 Å². The fourth-order valence-corrected chi connectivity index (χ4v) is 2.43. The second kappa shape index (κ2) is 5.90. The van der Waals surface area contributed by atoms with Crippen molar-refractivity contribution >= 4 is 22.4 Å². The van der Waals surface area contributed by atoms with Gasteiger partial charge in [-0.2, -0.15) is 0 Å². The van der Waals surface area contributed by atoms with Gasteiger partial charge in [-0.3, -0.25) is 4.79 Å². The van der Waals surface area contributed by atoms with Gasteiger partial charge in [-0.25, -0.2) is 0 Å². The normalized spacial score (nSPS) is 10.6. The number of amides is 1. The molecule has 0 atom stereocenters. The fourth-order valence-electron chi connectivity index (χ4n) is 2.43. The van der Waals surface area contributed by atoms with Crippen molar-refractivity contribution in [3.63, 3.8) is 0 Å². The first kappa shape index (κ1) is 14.1. The van der Waals surface area contributed by atoms with E-state index in [-0.39, 0.29) is 18.1 Å². The van der Waals surface area contributed by atoms with E-state index in [1.165, 1.54) is 0 Å². The maximum absolute atomic E-state index is 12.1. The number of carbonyl (C=O) groups excluding carboxylic acids is 1. The molecule has 0 aliphatic heterocycles. The van der Waals surface area contributed by atoms with Crippen molar-refractivity contribution in [2.75, 3.05) is 5.32 Å². The first-order valence-corrected chi connectivity index (χ1v) is 7.19. The van der Waals surface area contributed by atoms with Gasteiger partial charge in [0, 0.05) is 11.3 Å². The average Bonchev–Trinajstić information content (AvgIpc) is 2.50. The predicted molar refractivity (Wildman–Crippen MR) is 89.1 cm³/mol. The number of carbonyl (C=O) groups is 1. The molecule has 22 heavy (non-hydrogen) atoms. The third-order valence-corrected chi connectivity index (χ3v) is 3.63. The molecule has 3 aromatic rings. The van der Waals surface area contributed by atoms with Crippen molar-refractivity contribution in [1.29, 1.82) is 0 Å². The number of benzene rings is 3. The van der Waals surface area contributed by atoms with Crippen molar-refractivity contribution in [3.05, 3.63) is 71.8 Å². The molecule has 1 amide bonds. The molecule has 0 saturated carbocycles. The quantitative estimate of drug-likeness (QED) is 0.765. The second-order valence-corrected chi connectivity index (χ2v) is 5.42. The summed E-state index contributed by atoms with van der Waals surface area (Å²) in [6.45, 7) is 2.00. The van der Waals surface area contributed by atoms with Crippen LogP contribution in [0.3, 0.4) is 0 Å². The minimum atomic E-state index is -0.144. The van der Waals surface area contributed by atoms with Crippen molar-refractivity contribution in [1.82, 2.24) is 0 Å². The van der Waals surface area contributed by atoms with Crippen molar-refractivity contribution in [3.8, 4) is 5.75 Å². The van der Waals surface area contributed by atoms with Crippen LogP contribution in [-0.4, -0.2) is 11.0 Å². The highest BCUT2D eigenvalue weighted by atomic mass is 16.3. The number of hydrogen-bond donors (Lipinski definition) is 2. The zero-order valence-corrected chi connectivity index (χ0v) is 12.3. The molecule has 3 aromatic carbocycles. The van der Waals surface area contributed by atoms with Crippen LogP contribution < -0.4 is 5.32 Å². The number of fused-ring (bicyclic) bond motifs is 1. The van der Waals surface area contributed by atoms with E-state index in [1.54, 1.807) is 6.07 Å². The minimum absolute atomic E-state index is 0.143. The minimum Gasteiger partial charge on any atom is -0.508 e. The van der Waals surface area contributed by atoms with E-state index in [0.29, 0.717) is 5.56 Å². The van der Waals surface area contributed by atoms with E-state index in [2.05, 4.69) is 5.32 Å². The highest BCUT2D eigenvalue weighted by Crippen LogP contribution is 2.25. The summed E-state index contributed by atoms with van der Waals surface area (Å²) in [5, 5.41) is 14.9. The number of aromatic hydroxyl groups is 1. The lowest BCUT2D eigenvalue weighted by Crippen LogP contribution is -2.14. The average molecular weight is 291 g/mol. The Bertz CT molecular complexity index is 822. The molecule has 0 saturated heterocycles. The number of phenolic OH excluding ortho intramolecular Hbond substituents is 1. The van der Waals surface area contributed by atoms with Gasteiger partial charge in [0.25, 0.3) is 0 Å². The van der Waals surface area contributed by atoms with Crippen LogP contribution in [0.5, 0.6) is 5.75 Å². The molecule has 0 aliphatic carbocycles. The number of nitrogens with one attached hydrogen (secondary N) is 1. The zero-order valence-electron chi connectivity index (χ0n) is 12.3. The lowest BCUT2D eigenvalue weighted by molar-refractivity contribution is -0.115. The molecule has 3 nitrogen and oxygen atoms in total. The van der Waals surface area contributed by atoms with Crippen LogP contribution in [-0.2, 0) is 11.2 Å². The molecule has 3 heteroatoms. The van der Waals surface area contributed by atoms with Crippen LogP contribution in [0, 0.1) is 6.92 Å². The standard InChI is InChI=1S/C19H17NO2/c1-13-6-8-17(9-7-13)20-19(22)12-16-10-14-4-2-3-5-15(14)11-18(16)21/h2-11,21H,12H2,1H3,(H,20,22). The number of aryl methyl sites for hydroxylation is 1. The van der Waals surface area contributed by atoms with Crippen LogP contribution in [0.1, 0.15) is 11.1 Å². The van der Waals surface area contributed by atoms with E-state index in [9.17, 15) is 9.90 Å². The van der Waals surface area contributed by atoms with E-state index in [0.717, 1.165) is 22.0 Å². The van der Waals surface area contributed by atoms with Crippen LogP contribution in [0.25, 0.3) is 10.8 Å². The molecular weight excluding hydrogens is 274 g/mol. The van der Waals surface area contributed by atoms with Crippen molar-refractivity contribution in [2.24, 2.45) is 0 Å². The van der Waals surface area contributed by atoms with Crippen LogP contribution in [0.15, 0.2) is 60.7 Å². The van der Waals surface area contributed by atoms with Gasteiger partial charge in [0.1, 0.15) is 5.75 Å². The Morgan fingerprint density at radius 3 is 2.32 bits per heavy atom. The monoisotopic (exact) mass is 291 g/mol. The summed E-state index contributed by atoms with van der Waals surface area (Å²) in [4.78, 5) is 12.1. The molecular formula is C19H17NO2. The summed E-state index contributed by atoms with van der Waals surface area (Å²) in [6, 6.07) is 19.0. The summed E-state index contributed by atoms with van der Waals surface area (Å²) < 4.78 is 0. The summed E-state index contributed by atoms with van der Waals surface area (Å²) in [5.41, 5.74) is 2.53. The number of phenols is 1. The van der Waals surface area contributed by atoms with Gasteiger partial charge in [0.15, 0.2) is 0 Å². The first-order valence-electron chi connectivity index (χ1n) is 7.19. The molecule has 0 heterocycles.